The topological polar surface area (TPSA) is 190 Å². The minimum Gasteiger partial charge on any atom is -0.479 e. The molecule has 0 spiro atoms. The smallest absolute Gasteiger partial charge is 0.418 e. The van der Waals surface area contributed by atoms with Gasteiger partial charge in [-0.05, 0) is 0 Å². The second-order valence-electron chi connectivity index (χ2n) is 3.34. The zero-order valence-corrected chi connectivity index (χ0v) is 9.57. The molecular formula is C8H13N3O8. The van der Waals surface area contributed by atoms with E-state index >= 15 is 0 Å². The van der Waals surface area contributed by atoms with Crippen LogP contribution >= 0.6 is 0 Å². The average Bonchev–Trinajstić information content (AvgIpc) is 2.25. The largest absolute Gasteiger partial charge is 0.479 e. The molecule has 0 aromatic rings. The van der Waals surface area contributed by atoms with Crippen LogP contribution in [0.1, 0.15) is 0 Å². The molecule has 0 aromatic carbocycles. The molecule has 0 aromatic heterocycles. The number of carboxylic acid groups (broad SMARTS) is 4. The first-order chi connectivity index (χ1) is 8.71. The number of carboxylic acids is 2. The lowest BCUT2D eigenvalue weighted by Crippen LogP contribution is -2.68. The molecule has 0 saturated carbocycles. The predicted octanol–water partition coefficient (Wildman–Crippen LogP) is -1.90. The molecule has 0 fully saturated rings. The zero-order chi connectivity index (χ0) is 15.2. The van der Waals surface area contributed by atoms with E-state index in [1.54, 1.807) is 0 Å². The van der Waals surface area contributed by atoms with Crippen molar-refractivity contribution in [3.8, 4) is 0 Å². The molecule has 11 heteroatoms. The molecule has 0 atom stereocenters. The van der Waals surface area contributed by atoms with Crippen molar-refractivity contribution < 1.29 is 39.6 Å². The van der Waals surface area contributed by atoms with Crippen molar-refractivity contribution in [2.45, 2.75) is 5.54 Å². The highest BCUT2D eigenvalue weighted by Gasteiger charge is 2.57. The summed E-state index contributed by atoms with van der Waals surface area (Å²) in [7, 11) is 0. The zero-order valence-electron chi connectivity index (χ0n) is 9.57. The molecule has 19 heavy (non-hydrogen) atoms. The van der Waals surface area contributed by atoms with Gasteiger partial charge in [0.1, 0.15) is 0 Å². The Morgan fingerprint density at radius 1 is 1.00 bits per heavy atom. The Bertz CT molecular complexity index is 367. The average molecular weight is 279 g/mol. The molecular weight excluding hydrogens is 266 g/mol. The SMILES string of the molecule is NCCNCC(C(=O)O)(C(=O)O)N(C(=O)O)C(=O)O. The lowest BCUT2D eigenvalue weighted by atomic mass is 9.98. The number of hydrogen-bond donors (Lipinski definition) is 6. The summed E-state index contributed by atoms with van der Waals surface area (Å²) < 4.78 is 0. The molecule has 0 rings (SSSR count). The van der Waals surface area contributed by atoms with Crippen LogP contribution in [0, 0.1) is 0 Å². The Hall–Kier alpha value is -2.40. The summed E-state index contributed by atoms with van der Waals surface area (Å²) in [6.07, 6.45) is -4.43. The van der Waals surface area contributed by atoms with E-state index in [0.717, 1.165) is 0 Å². The van der Waals surface area contributed by atoms with Crippen LogP contribution in [0.4, 0.5) is 9.59 Å². The summed E-state index contributed by atoms with van der Waals surface area (Å²) >= 11 is 0. The van der Waals surface area contributed by atoms with Gasteiger partial charge in [-0.3, -0.25) is 0 Å². The highest BCUT2D eigenvalue weighted by Crippen LogP contribution is 2.17. The predicted molar refractivity (Wildman–Crippen MR) is 57.8 cm³/mol. The van der Waals surface area contributed by atoms with Gasteiger partial charge in [0.15, 0.2) is 0 Å². The quantitative estimate of drug-likeness (QED) is 0.226. The third-order valence-corrected chi connectivity index (χ3v) is 2.17. The number of amides is 2. The van der Waals surface area contributed by atoms with Crippen LogP contribution in [0.15, 0.2) is 0 Å². The second-order valence-corrected chi connectivity index (χ2v) is 3.34. The second kappa shape index (κ2) is 6.51. The van der Waals surface area contributed by atoms with E-state index < -0.39 is 41.1 Å². The number of aliphatic carboxylic acids is 2. The van der Waals surface area contributed by atoms with Crippen molar-refractivity contribution in [2.75, 3.05) is 19.6 Å². The van der Waals surface area contributed by atoms with Gasteiger partial charge in [0, 0.05) is 19.6 Å². The Kier molecular flexibility index (Phi) is 5.69. The third kappa shape index (κ3) is 3.29. The van der Waals surface area contributed by atoms with E-state index in [-0.39, 0.29) is 13.1 Å². The number of nitrogens with two attached hydrogens (primary N) is 1. The van der Waals surface area contributed by atoms with Gasteiger partial charge < -0.3 is 31.5 Å². The molecule has 0 aliphatic heterocycles. The van der Waals surface area contributed by atoms with Crippen LogP contribution in [-0.2, 0) is 9.59 Å². The van der Waals surface area contributed by atoms with Crippen molar-refractivity contribution in [1.82, 2.24) is 10.2 Å². The Morgan fingerprint density at radius 2 is 1.42 bits per heavy atom. The normalized spacial score (nSPS) is 10.8. The van der Waals surface area contributed by atoms with Crippen molar-refractivity contribution in [3.63, 3.8) is 0 Å². The summed E-state index contributed by atoms with van der Waals surface area (Å²) in [6, 6.07) is 0. The van der Waals surface area contributed by atoms with Gasteiger partial charge >= 0.3 is 24.1 Å². The van der Waals surface area contributed by atoms with Gasteiger partial charge in [-0.25, -0.2) is 19.2 Å². The number of rotatable bonds is 7. The molecule has 0 bridgehead atoms. The molecule has 0 radical (unpaired) electrons. The lowest BCUT2D eigenvalue weighted by Gasteiger charge is -2.31. The minimum absolute atomic E-state index is 0.0185. The molecule has 2 amide bonds. The first-order valence-electron chi connectivity index (χ1n) is 4.85. The van der Waals surface area contributed by atoms with E-state index in [0.29, 0.717) is 0 Å². The summed E-state index contributed by atoms with van der Waals surface area (Å²) in [6.45, 7) is -0.946. The number of imide groups is 1. The van der Waals surface area contributed by atoms with E-state index in [9.17, 15) is 19.2 Å². The molecule has 108 valence electrons. The molecule has 0 heterocycles. The maximum atomic E-state index is 11.1. The van der Waals surface area contributed by atoms with E-state index in [4.69, 9.17) is 26.2 Å². The van der Waals surface area contributed by atoms with Crippen LogP contribution in [0.25, 0.3) is 0 Å². The summed E-state index contributed by atoms with van der Waals surface area (Å²) in [4.78, 5) is 43.1. The summed E-state index contributed by atoms with van der Waals surface area (Å²) in [5, 5.41) is 37.6. The Labute approximate surface area is 106 Å². The molecule has 7 N–H and O–H groups in total. The maximum Gasteiger partial charge on any atom is 0.418 e. The van der Waals surface area contributed by atoms with Gasteiger partial charge in [0.05, 0.1) is 0 Å². The lowest BCUT2D eigenvalue weighted by molar-refractivity contribution is -0.164. The molecule has 11 nitrogen and oxygen atoms in total. The van der Waals surface area contributed by atoms with Gasteiger partial charge in [0.25, 0.3) is 5.54 Å². The maximum absolute atomic E-state index is 11.1. The number of hydrogen-bond acceptors (Lipinski definition) is 6. The van der Waals surface area contributed by atoms with Crippen LogP contribution in [0.2, 0.25) is 0 Å². The molecule has 0 saturated heterocycles. The van der Waals surface area contributed by atoms with Gasteiger partial charge in [0.2, 0.25) is 0 Å². The van der Waals surface area contributed by atoms with Crippen LogP contribution in [0.5, 0.6) is 0 Å². The van der Waals surface area contributed by atoms with Crippen molar-refractivity contribution >= 4 is 24.1 Å². The molecule has 0 aliphatic carbocycles. The monoisotopic (exact) mass is 279 g/mol. The van der Waals surface area contributed by atoms with E-state index in [2.05, 4.69) is 5.32 Å². The van der Waals surface area contributed by atoms with Crippen molar-refractivity contribution in [1.29, 1.82) is 0 Å². The van der Waals surface area contributed by atoms with Crippen LogP contribution < -0.4 is 11.1 Å². The Morgan fingerprint density at radius 3 is 1.68 bits per heavy atom. The fraction of sp³-hybridized carbons (Fsp3) is 0.500. The summed E-state index contributed by atoms with van der Waals surface area (Å²) in [5.41, 5.74) is 1.91. The standard InChI is InChI=1S/C8H13N3O8/c9-1-2-10-3-8(4(12)13,5(14)15)11(6(16)17)7(18)19/h10H,1-3,9H2,(H,12,13)(H,14,15)(H,16,17)(H,18,19). The molecule has 0 unspecified atom stereocenters. The first-order valence-corrected chi connectivity index (χ1v) is 4.85. The van der Waals surface area contributed by atoms with Gasteiger partial charge in [-0.15, -0.1) is 0 Å². The van der Waals surface area contributed by atoms with Crippen molar-refractivity contribution in [2.24, 2.45) is 5.73 Å². The van der Waals surface area contributed by atoms with Gasteiger partial charge in [-0.2, -0.15) is 4.90 Å². The van der Waals surface area contributed by atoms with Gasteiger partial charge in [-0.1, -0.05) is 0 Å². The third-order valence-electron chi connectivity index (χ3n) is 2.17. The van der Waals surface area contributed by atoms with Crippen LogP contribution in [0.3, 0.4) is 0 Å². The fourth-order valence-corrected chi connectivity index (χ4v) is 1.29. The van der Waals surface area contributed by atoms with Crippen molar-refractivity contribution in [3.05, 3.63) is 0 Å². The number of nitrogens with zero attached hydrogens (tertiary/aromatic N) is 1. The molecule has 0 aliphatic rings. The highest BCUT2D eigenvalue weighted by atomic mass is 16.4. The van der Waals surface area contributed by atoms with E-state index in [1.165, 1.54) is 0 Å². The summed E-state index contributed by atoms with van der Waals surface area (Å²) in [5.74, 6) is -4.26. The Balaban J connectivity index is 5.68. The minimum atomic E-state index is -3.19. The number of carbonyl (C=O) groups is 4. The van der Waals surface area contributed by atoms with Crippen LogP contribution in [-0.4, -0.2) is 74.6 Å². The highest BCUT2D eigenvalue weighted by molar-refractivity contribution is 6.10. The van der Waals surface area contributed by atoms with E-state index in [1.807, 2.05) is 0 Å². The fourth-order valence-electron chi connectivity index (χ4n) is 1.29. The number of nitrogens with one attached hydrogen (secondary N) is 1. The first kappa shape index (κ1) is 16.6.